The van der Waals surface area contributed by atoms with Crippen molar-refractivity contribution in [3.05, 3.63) is 0 Å². The van der Waals surface area contributed by atoms with E-state index in [1.807, 2.05) is 0 Å². The van der Waals surface area contributed by atoms with Crippen molar-refractivity contribution >= 4 is 18.2 Å². The Kier molecular flexibility index (Phi) is 9.13. The average molecular weight is 447 g/mol. The maximum absolute atomic E-state index is 12.5. The average Bonchev–Trinajstić information content (AvgIpc) is 2.53. The van der Waals surface area contributed by atoms with E-state index in [1.165, 1.54) is 0 Å². The molecular formula is C21H38N2O8. The van der Waals surface area contributed by atoms with Crippen molar-refractivity contribution < 1.29 is 38.8 Å². The molecule has 4 N–H and O–H groups in total. The lowest BCUT2D eigenvalue weighted by Crippen LogP contribution is -2.63. The number of aliphatic hydroxyl groups is 2. The molecule has 31 heavy (non-hydrogen) atoms. The topological polar surface area (TPSA) is 143 Å². The molecule has 180 valence electrons. The lowest BCUT2D eigenvalue weighted by atomic mass is 9.71. The van der Waals surface area contributed by atoms with Gasteiger partial charge in [0.2, 0.25) is 0 Å². The molecule has 1 saturated carbocycles. The van der Waals surface area contributed by atoms with E-state index in [4.69, 9.17) is 14.2 Å². The number of alkyl carbamates (subject to hydrolysis) is 2. The van der Waals surface area contributed by atoms with Crippen LogP contribution in [-0.2, 0) is 19.0 Å². The third kappa shape index (κ3) is 8.53. The third-order valence-corrected chi connectivity index (χ3v) is 4.73. The van der Waals surface area contributed by atoms with E-state index in [0.717, 1.165) is 0 Å². The van der Waals surface area contributed by atoms with Gasteiger partial charge in [-0.15, -0.1) is 0 Å². The van der Waals surface area contributed by atoms with Gasteiger partial charge >= 0.3 is 18.2 Å². The van der Waals surface area contributed by atoms with E-state index in [2.05, 4.69) is 10.6 Å². The van der Waals surface area contributed by atoms with Crippen LogP contribution < -0.4 is 10.6 Å². The lowest BCUT2D eigenvalue weighted by Gasteiger charge is -2.44. The number of esters is 1. The molecule has 2 amide bonds. The molecule has 10 nitrogen and oxygen atoms in total. The number of carbonyl (C=O) groups is 3. The monoisotopic (exact) mass is 446 g/mol. The highest BCUT2D eigenvalue weighted by Gasteiger charge is 2.50. The van der Waals surface area contributed by atoms with Crippen molar-refractivity contribution in [2.75, 3.05) is 6.61 Å². The molecule has 0 saturated heterocycles. The quantitative estimate of drug-likeness (QED) is 0.369. The molecule has 0 radical (unpaired) electrons. The molecule has 0 spiro atoms. The summed E-state index contributed by atoms with van der Waals surface area (Å²) in [7, 11) is 0. The first kappa shape index (κ1) is 27.0. The molecule has 1 aliphatic rings. The molecule has 10 heteroatoms. The maximum Gasteiger partial charge on any atom is 0.407 e. The molecule has 0 unspecified atom stereocenters. The summed E-state index contributed by atoms with van der Waals surface area (Å²) in [6.45, 7) is 13.6. The fraction of sp³-hybridized carbons (Fsp3) is 0.857. The van der Waals surface area contributed by atoms with Crippen LogP contribution in [0, 0.1) is 11.8 Å². The van der Waals surface area contributed by atoms with Crippen LogP contribution in [0.25, 0.3) is 0 Å². The fourth-order valence-corrected chi connectivity index (χ4v) is 3.61. The van der Waals surface area contributed by atoms with E-state index in [9.17, 15) is 24.6 Å². The summed E-state index contributed by atoms with van der Waals surface area (Å²) in [5, 5.41) is 26.8. The van der Waals surface area contributed by atoms with E-state index >= 15 is 0 Å². The first-order valence-corrected chi connectivity index (χ1v) is 10.6. The molecule has 0 aromatic carbocycles. The van der Waals surface area contributed by atoms with Crippen LogP contribution in [0.2, 0.25) is 0 Å². The Morgan fingerprint density at radius 2 is 1.52 bits per heavy atom. The van der Waals surface area contributed by atoms with Gasteiger partial charge in [-0.3, -0.25) is 4.79 Å². The summed E-state index contributed by atoms with van der Waals surface area (Å²) in [4.78, 5) is 36.9. The smallest absolute Gasteiger partial charge is 0.407 e. The zero-order valence-corrected chi connectivity index (χ0v) is 19.7. The Labute approximate surface area is 184 Å². The largest absolute Gasteiger partial charge is 0.466 e. The Morgan fingerprint density at radius 1 is 1.00 bits per heavy atom. The van der Waals surface area contributed by atoms with Gasteiger partial charge in [-0.05, 0) is 61.8 Å². The second-order valence-corrected chi connectivity index (χ2v) is 9.84. The normalized spacial score (nSPS) is 27.6. The van der Waals surface area contributed by atoms with Crippen LogP contribution >= 0.6 is 0 Å². The molecule has 0 aliphatic heterocycles. The highest BCUT2D eigenvalue weighted by molar-refractivity contribution is 5.76. The van der Waals surface area contributed by atoms with Crippen molar-refractivity contribution in [2.45, 2.75) is 97.3 Å². The molecular weight excluding hydrogens is 408 g/mol. The highest BCUT2D eigenvalue weighted by Crippen LogP contribution is 2.33. The predicted molar refractivity (Wildman–Crippen MR) is 112 cm³/mol. The number of hydrogen-bond donors (Lipinski definition) is 4. The highest BCUT2D eigenvalue weighted by atomic mass is 16.6. The molecule has 0 heterocycles. The number of ether oxygens (including phenoxy) is 3. The summed E-state index contributed by atoms with van der Waals surface area (Å²) in [6, 6.07) is -1.80. The van der Waals surface area contributed by atoms with Crippen LogP contribution in [0.15, 0.2) is 0 Å². The third-order valence-electron chi connectivity index (χ3n) is 4.73. The van der Waals surface area contributed by atoms with Gasteiger partial charge in [-0.1, -0.05) is 0 Å². The van der Waals surface area contributed by atoms with Crippen LogP contribution in [0.5, 0.6) is 0 Å². The Morgan fingerprint density at radius 3 is 2.00 bits per heavy atom. The van der Waals surface area contributed by atoms with Gasteiger partial charge in [0.1, 0.15) is 11.2 Å². The second-order valence-electron chi connectivity index (χ2n) is 9.84. The molecule has 1 fully saturated rings. The molecule has 6 atom stereocenters. The summed E-state index contributed by atoms with van der Waals surface area (Å²) in [5.74, 6) is -2.51. The Bertz CT molecular complexity index is 640. The Hall–Kier alpha value is -2.07. The maximum atomic E-state index is 12.5. The molecule has 1 rings (SSSR count). The summed E-state index contributed by atoms with van der Waals surface area (Å²) < 4.78 is 15.5. The van der Waals surface area contributed by atoms with Crippen molar-refractivity contribution in [1.29, 1.82) is 0 Å². The SMILES string of the molecule is CCOC(=O)[C@H]1C[C@@H](O)[C@H]([C@@H](C)NC(=O)OC(C)(C)C)[C@H](O)[C@@H]1NC(=O)OC(C)(C)C. The minimum absolute atomic E-state index is 0.0681. The first-order valence-electron chi connectivity index (χ1n) is 10.6. The first-order chi connectivity index (χ1) is 14.1. The zero-order chi connectivity index (χ0) is 24.1. The van der Waals surface area contributed by atoms with Gasteiger partial charge in [0, 0.05) is 12.0 Å². The second kappa shape index (κ2) is 10.5. The fourth-order valence-electron chi connectivity index (χ4n) is 3.61. The molecule has 1 aliphatic carbocycles. The predicted octanol–water partition coefficient (Wildman–Crippen LogP) is 1.71. The number of hydrogen-bond acceptors (Lipinski definition) is 8. The van der Waals surface area contributed by atoms with Crippen LogP contribution in [0.3, 0.4) is 0 Å². The number of aliphatic hydroxyl groups excluding tert-OH is 2. The van der Waals surface area contributed by atoms with Crippen LogP contribution in [-0.4, -0.2) is 70.5 Å². The zero-order valence-electron chi connectivity index (χ0n) is 19.7. The van der Waals surface area contributed by atoms with E-state index in [1.54, 1.807) is 55.4 Å². The van der Waals surface area contributed by atoms with Gasteiger partial charge in [-0.2, -0.15) is 0 Å². The standard InChI is InChI=1S/C21H38N2O8/c1-9-29-17(26)12-10-13(24)14(11(2)22-18(27)30-20(3,4)5)16(25)15(12)23-19(28)31-21(6,7)8/h11-16,24-25H,9-10H2,1-8H3,(H,22,27)(H,23,28)/t11-,12+,13-,14+,15-,16+/m1/s1. The lowest BCUT2D eigenvalue weighted by molar-refractivity contribution is -0.159. The van der Waals surface area contributed by atoms with Crippen molar-refractivity contribution in [2.24, 2.45) is 11.8 Å². The summed E-state index contributed by atoms with van der Waals surface area (Å²) >= 11 is 0. The van der Waals surface area contributed by atoms with Crippen molar-refractivity contribution in [1.82, 2.24) is 10.6 Å². The summed E-state index contributed by atoms with van der Waals surface area (Å²) in [6.07, 6.45) is -4.08. The minimum atomic E-state index is -1.37. The number of carbonyl (C=O) groups excluding carboxylic acids is 3. The van der Waals surface area contributed by atoms with E-state index < -0.39 is 65.5 Å². The number of rotatable bonds is 5. The summed E-state index contributed by atoms with van der Waals surface area (Å²) in [5.41, 5.74) is -1.50. The Balaban J connectivity index is 3.06. The van der Waals surface area contributed by atoms with E-state index in [-0.39, 0.29) is 13.0 Å². The van der Waals surface area contributed by atoms with Crippen molar-refractivity contribution in [3.63, 3.8) is 0 Å². The minimum Gasteiger partial charge on any atom is -0.466 e. The van der Waals surface area contributed by atoms with Crippen molar-refractivity contribution in [3.8, 4) is 0 Å². The molecule has 0 aromatic rings. The number of amides is 2. The van der Waals surface area contributed by atoms with Gasteiger partial charge in [0.15, 0.2) is 0 Å². The van der Waals surface area contributed by atoms with Gasteiger partial charge < -0.3 is 35.1 Å². The van der Waals surface area contributed by atoms with Crippen LogP contribution in [0.4, 0.5) is 9.59 Å². The van der Waals surface area contributed by atoms with Crippen LogP contribution in [0.1, 0.15) is 61.8 Å². The number of nitrogens with one attached hydrogen (secondary N) is 2. The van der Waals surface area contributed by atoms with Gasteiger partial charge in [0.25, 0.3) is 0 Å². The molecule has 0 bridgehead atoms. The van der Waals surface area contributed by atoms with Gasteiger partial charge in [-0.25, -0.2) is 9.59 Å². The molecule has 0 aromatic heterocycles. The van der Waals surface area contributed by atoms with Gasteiger partial charge in [0.05, 0.1) is 30.8 Å². The van der Waals surface area contributed by atoms with E-state index in [0.29, 0.717) is 0 Å².